The number of thiophene rings is 1. The van der Waals surface area contributed by atoms with Crippen LogP contribution in [0.3, 0.4) is 0 Å². The van der Waals surface area contributed by atoms with Crippen molar-refractivity contribution in [2.75, 3.05) is 18.0 Å². The maximum Gasteiger partial charge on any atom is 0.195 e. The fourth-order valence-corrected chi connectivity index (χ4v) is 3.54. The lowest BCUT2D eigenvalue weighted by Gasteiger charge is -2.28. The number of hydrogen-bond donors (Lipinski definition) is 0. The van der Waals surface area contributed by atoms with Gasteiger partial charge >= 0.3 is 0 Å². The fraction of sp³-hybridized carbons (Fsp3) is 0.263. The van der Waals surface area contributed by atoms with Crippen molar-refractivity contribution in [3.63, 3.8) is 0 Å². The zero-order valence-corrected chi connectivity index (χ0v) is 14.1. The van der Waals surface area contributed by atoms with Gasteiger partial charge in [0.2, 0.25) is 0 Å². The molecule has 24 heavy (non-hydrogen) atoms. The van der Waals surface area contributed by atoms with Crippen molar-refractivity contribution in [3.05, 3.63) is 57.8 Å². The van der Waals surface area contributed by atoms with Gasteiger partial charge in [0.25, 0.3) is 0 Å². The molecule has 0 amide bonds. The Hall–Kier alpha value is -2.40. The third kappa shape index (κ3) is 3.92. The Kier molecular flexibility index (Phi) is 5.11. The molecule has 4 nitrogen and oxygen atoms in total. The molecule has 2 heterocycles. The summed E-state index contributed by atoms with van der Waals surface area (Å²) in [6, 6.07) is 11.1. The predicted octanol–water partition coefficient (Wildman–Crippen LogP) is 3.00. The van der Waals surface area contributed by atoms with Crippen molar-refractivity contribution in [1.82, 2.24) is 0 Å². The van der Waals surface area contributed by atoms with Gasteiger partial charge in [0.05, 0.1) is 15.7 Å². The summed E-state index contributed by atoms with van der Waals surface area (Å²) in [6.45, 7) is 2.21. The number of ketones is 1. The minimum Gasteiger partial charge on any atom is -0.544 e. The van der Waals surface area contributed by atoms with E-state index in [9.17, 15) is 14.7 Å². The highest BCUT2D eigenvalue weighted by Gasteiger charge is 2.10. The zero-order chi connectivity index (χ0) is 16.9. The maximum absolute atomic E-state index is 12.1. The van der Waals surface area contributed by atoms with Gasteiger partial charge < -0.3 is 14.8 Å². The first-order valence-corrected chi connectivity index (χ1v) is 8.84. The molecule has 124 valence electrons. The van der Waals surface area contributed by atoms with Gasteiger partial charge in [-0.15, -0.1) is 11.3 Å². The Morgan fingerprint density at radius 2 is 1.62 bits per heavy atom. The van der Waals surface area contributed by atoms with Gasteiger partial charge in [0.1, 0.15) is 0 Å². The molecule has 1 aromatic carbocycles. The average molecular weight is 340 g/mol. The third-order valence-electron chi connectivity index (χ3n) is 4.09. The monoisotopic (exact) mass is 340 g/mol. The number of carbonyl (C=O) groups is 2. The highest BCUT2D eigenvalue weighted by molar-refractivity contribution is 7.16. The van der Waals surface area contributed by atoms with E-state index in [4.69, 9.17) is 0 Å². The molecule has 0 N–H and O–H groups in total. The van der Waals surface area contributed by atoms with E-state index < -0.39 is 5.97 Å². The Balaban J connectivity index is 1.65. The van der Waals surface area contributed by atoms with E-state index >= 15 is 0 Å². The highest BCUT2D eigenvalue weighted by Crippen LogP contribution is 2.21. The number of allylic oxidation sites excluding steroid dienone is 1. The summed E-state index contributed by atoms with van der Waals surface area (Å²) in [5, 5.41) is 10.7. The molecule has 1 aliphatic rings. The molecule has 1 aliphatic heterocycles. The topological polar surface area (TPSA) is 60.4 Å². The van der Waals surface area contributed by atoms with Crippen LogP contribution in [0.5, 0.6) is 0 Å². The normalized spacial score (nSPS) is 14.9. The first kappa shape index (κ1) is 16.5. The van der Waals surface area contributed by atoms with E-state index in [1.165, 1.54) is 43.2 Å². The summed E-state index contributed by atoms with van der Waals surface area (Å²) in [7, 11) is 0. The highest BCUT2D eigenvalue weighted by atomic mass is 32.1. The van der Waals surface area contributed by atoms with Crippen molar-refractivity contribution in [1.29, 1.82) is 0 Å². The van der Waals surface area contributed by atoms with Gasteiger partial charge in [0.15, 0.2) is 5.78 Å². The number of carbonyl (C=O) groups excluding carboxylic acids is 2. The Bertz CT molecular complexity index is 755. The molecule has 0 aliphatic carbocycles. The lowest BCUT2D eigenvalue weighted by molar-refractivity contribution is -0.254. The van der Waals surface area contributed by atoms with Crippen LogP contribution in [0.15, 0.2) is 42.5 Å². The number of piperidine rings is 1. The van der Waals surface area contributed by atoms with Crippen LogP contribution in [0.25, 0.3) is 6.08 Å². The van der Waals surface area contributed by atoms with Gasteiger partial charge in [-0.2, -0.15) is 0 Å². The molecular weight excluding hydrogens is 322 g/mol. The summed E-state index contributed by atoms with van der Waals surface area (Å²) in [5.74, 6) is -1.45. The molecule has 1 saturated heterocycles. The van der Waals surface area contributed by atoms with Crippen molar-refractivity contribution < 1.29 is 14.7 Å². The van der Waals surface area contributed by atoms with Crippen LogP contribution in [-0.4, -0.2) is 24.8 Å². The average Bonchev–Trinajstić information content (AvgIpc) is 3.11. The second-order valence-electron chi connectivity index (χ2n) is 5.79. The van der Waals surface area contributed by atoms with Crippen LogP contribution in [0, 0.1) is 0 Å². The van der Waals surface area contributed by atoms with E-state index in [0.717, 1.165) is 30.0 Å². The molecule has 0 bridgehead atoms. The Morgan fingerprint density at radius 1 is 0.958 bits per heavy atom. The Morgan fingerprint density at radius 3 is 2.25 bits per heavy atom. The van der Waals surface area contributed by atoms with Crippen LogP contribution in [0.4, 0.5) is 5.69 Å². The predicted molar refractivity (Wildman–Crippen MR) is 94.5 cm³/mol. The summed E-state index contributed by atoms with van der Waals surface area (Å²) >= 11 is 0.936. The number of anilines is 1. The minimum absolute atomic E-state index is 0.0673. The Labute approximate surface area is 145 Å². The SMILES string of the molecule is O=C([O-])c1ccc(C(=O)/C=C/c2ccc(N3CCCCC3)cc2)s1. The molecule has 0 unspecified atom stereocenters. The van der Waals surface area contributed by atoms with Crippen LogP contribution < -0.4 is 10.0 Å². The van der Waals surface area contributed by atoms with Crippen molar-refractivity contribution in [3.8, 4) is 0 Å². The zero-order valence-electron chi connectivity index (χ0n) is 13.2. The van der Waals surface area contributed by atoms with E-state index in [1.807, 2.05) is 12.1 Å². The summed E-state index contributed by atoms with van der Waals surface area (Å²) < 4.78 is 0. The quantitative estimate of drug-likeness (QED) is 0.620. The maximum atomic E-state index is 12.1. The summed E-state index contributed by atoms with van der Waals surface area (Å²) in [5.41, 5.74) is 2.16. The van der Waals surface area contributed by atoms with Gasteiger partial charge in [-0.3, -0.25) is 4.79 Å². The molecule has 0 spiro atoms. The smallest absolute Gasteiger partial charge is 0.195 e. The largest absolute Gasteiger partial charge is 0.544 e. The fourth-order valence-electron chi connectivity index (χ4n) is 2.78. The standard InChI is InChI=1S/C19H19NO3S/c21-16(17-10-11-18(24-17)19(22)23)9-6-14-4-7-15(8-5-14)20-12-2-1-3-13-20/h4-11H,1-3,12-13H2,(H,22,23)/p-1/b9-6+. The van der Waals surface area contributed by atoms with Crippen molar-refractivity contribution >= 4 is 34.9 Å². The number of hydrogen-bond acceptors (Lipinski definition) is 5. The van der Waals surface area contributed by atoms with E-state index in [2.05, 4.69) is 17.0 Å². The third-order valence-corrected chi connectivity index (χ3v) is 5.17. The number of carboxylic acids is 1. The van der Waals surface area contributed by atoms with Crippen LogP contribution in [-0.2, 0) is 0 Å². The molecule has 2 aromatic rings. The van der Waals surface area contributed by atoms with Crippen LogP contribution in [0.2, 0.25) is 0 Å². The lowest BCUT2D eigenvalue weighted by atomic mass is 10.1. The number of carboxylic acid groups (broad SMARTS) is 1. The molecule has 5 heteroatoms. The van der Waals surface area contributed by atoms with Crippen molar-refractivity contribution in [2.24, 2.45) is 0 Å². The number of nitrogens with zero attached hydrogens (tertiary/aromatic N) is 1. The number of aromatic carboxylic acids is 1. The summed E-state index contributed by atoms with van der Waals surface area (Å²) in [6.07, 6.45) is 7.01. The second-order valence-corrected chi connectivity index (χ2v) is 6.87. The molecule has 1 aromatic heterocycles. The van der Waals surface area contributed by atoms with Gasteiger partial charge in [-0.05, 0) is 55.2 Å². The van der Waals surface area contributed by atoms with Gasteiger partial charge in [-0.1, -0.05) is 18.2 Å². The number of benzene rings is 1. The summed E-state index contributed by atoms with van der Waals surface area (Å²) in [4.78, 5) is 25.7. The van der Waals surface area contributed by atoms with E-state index in [0.29, 0.717) is 4.88 Å². The molecule has 0 atom stereocenters. The minimum atomic E-state index is -1.25. The molecule has 0 saturated carbocycles. The van der Waals surface area contributed by atoms with Crippen molar-refractivity contribution in [2.45, 2.75) is 19.3 Å². The van der Waals surface area contributed by atoms with Gasteiger partial charge in [-0.25, -0.2) is 0 Å². The molecule has 0 radical (unpaired) electrons. The molecule has 1 fully saturated rings. The van der Waals surface area contributed by atoms with E-state index in [-0.39, 0.29) is 10.7 Å². The van der Waals surface area contributed by atoms with Gasteiger partial charge in [0, 0.05) is 18.8 Å². The number of rotatable bonds is 5. The molecular formula is C19H18NO3S-. The first-order chi connectivity index (χ1) is 11.6. The first-order valence-electron chi connectivity index (χ1n) is 8.02. The van der Waals surface area contributed by atoms with Crippen LogP contribution >= 0.6 is 11.3 Å². The van der Waals surface area contributed by atoms with E-state index in [1.54, 1.807) is 6.08 Å². The molecule has 3 rings (SSSR count). The second kappa shape index (κ2) is 7.45. The van der Waals surface area contributed by atoms with Crippen LogP contribution in [0.1, 0.15) is 44.2 Å². The lowest BCUT2D eigenvalue weighted by Crippen LogP contribution is -2.29.